The van der Waals surface area contributed by atoms with Crippen molar-refractivity contribution in [3.05, 3.63) is 70.2 Å². The zero-order chi connectivity index (χ0) is 20.5. The molecule has 8 heteroatoms. The first-order valence-electron chi connectivity index (χ1n) is 9.15. The van der Waals surface area contributed by atoms with E-state index in [1.54, 1.807) is 6.20 Å². The molecule has 0 aliphatic carbocycles. The van der Waals surface area contributed by atoms with Gasteiger partial charge in [0.1, 0.15) is 17.7 Å². The minimum Gasteiger partial charge on any atom is -0.352 e. The first-order chi connectivity index (χ1) is 14.0. The molecule has 4 rings (SSSR count). The van der Waals surface area contributed by atoms with E-state index in [0.717, 1.165) is 47.2 Å². The second-order valence-corrected chi connectivity index (χ2v) is 6.98. The Hall–Kier alpha value is -3.60. The molecule has 0 atom stereocenters. The molecule has 1 aromatic carbocycles. The van der Waals surface area contributed by atoms with Crippen LogP contribution in [-0.2, 0) is 13.0 Å². The fraction of sp³-hybridized carbons (Fsp3) is 0.238. The second kappa shape index (κ2) is 7.43. The maximum Gasteiger partial charge on any atom is 0.166 e. The van der Waals surface area contributed by atoms with Crippen LogP contribution in [0.1, 0.15) is 28.1 Å². The van der Waals surface area contributed by atoms with Gasteiger partial charge in [-0.15, -0.1) is 10.2 Å². The molecular weight excluding hydrogens is 374 g/mol. The van der Waals surface area contributed by atoms with Crippen LogP contribution in [0.2, 0.25) is 0 Å². The summed E-state index contributed by atoms with van der Waals surface area (Å²) in [6, 6.07) is 7.37. The van der Waals surface area contributed by atoms with E-state index in [-0.39, 0.29) is 5.69 Å². The molecule has 3 heterocycles. The van der Waals surface area contributed by atoms with E-state index in [0.29, 0.717) is 17.9 Å². The monoisotopic (exact) mass is 392 g/mol. The highest BCUT2D eigenvalue weighted by molar-refractivity contribution is 5.61. The molecule has 1 aliphatic rings. The Bertz CT molecular complexity index is 1140. The van der Waals surface area contributed by atoms with Crippen molar-refractivity contribution in [1.82, 2.24) is 15.2 Å². The lowest BCUT2D eigenvalue weighted by molar-refractivity contribution is 0.586. The molecule has 3 aromatic rings. The molecule has 0 spiro atoms. The van der Waals surface area contributed by atoms with Gasteiger partial charge < -0.3 is 10.2 Å². The molecule has 0 saturated heterocycles. The lowest BCUT2D eigenvalue weighted by atomic mass is 10.0. The van der Waals surface area contributed by atoms with E-state index in [2.05, 4.69) is 31.5 Å². The number of fused-ring (bicyclic) bond motifs is 1. The fourth-order valence-electron chi connectivity index (χ4n) is 3.42. The standard InChI is InChI=1S/C21H18F2N6/c1-12-13(2)21(28-27-20(12)9-24)29-6-5-18-14(11-29)7-16(10-25-18)26-19-4-3-15(22)8-17(19)23/h3-4,7-8,10,26H,5-6,11H2,1-2H3. The van der Waals surface area contributed by atoms with E-state index in [1.165, 1.54) is 12.1 Å². The maximum atomic E-state index is 13.9. The van der Waals surface area contributed by atoms with Gasteiger partial charge in [0, 0.05) is 31.3 Å². The maximum absolute atomic E-state index is 13.9. The second-order valence-electron chi connectivity index (χ2n) is 6.98. The van der Waals surface area contributed by atoms with Crippen LogP contribution in [0.15, 0.2) is 30.5 Å². The van der Waals surface area contributed by atoms with Crippen LogP contribution in [0.25, 0.3) is 0 Å². The summed E-state index contributed by atoms with van der Waals surface area (Å²) in [7, 11) is 0. The van der Waals surface area contributed by atoms with Crippen molar-refractivity contribution in [2.45, 2.75) is 26.8 Å². The number of benzene rings is 1. The largest absolute Gasteiger partial charge is 0.352 e. The molecule has 1 aliphatic heterocycles. The van der Waals surface area contributed by atoms with Crippen LogP contribution in [0.5, 0.6) is 0 Å². The third kappa shape index (κ3) is 3.59. The van der Waals surface area contributed by atoms with Crippen LogP contribution >= 0.6 is 0 Å². The third-order valence-electron chi connectivity index (χ3n) is 5.15. The molecule has 0 fully saturated rings. The number of hydrogen-bond donors (Lipinski definition) is 1. The fourth-order valence-corrected chi connectivity index (χ4v) is 3.42. The minimum absolute atomic E-state index is 0.185. The van der Waals surface area contributed by atoms with Crippen molar-refractivity contribution in [3.63, 3.8) is 0 Å². The summed E-state index contributed by atoms with van der Waals surface area (Å²) in [5.74, 6) is -0.542. The van der Waals surface area contributed by atoms with Gasteiger partial charge >= 0.3 is 0 Å². The van der Waals surface area contributed by atoms with Gasteiger partial charge in [0.2, 0.25) is 0 Å². The van der Waals surface area contributed by atoms with Gasteiger partial charge in [0.15, 0.2) is 11.5 Å². The molecule has 0 saturated carbocycles. The highest BCUT2D eigenvalue weighted by Crippen LogP contribution is 2.29. The zero-order valence-electron chi connectivity index (χ0n) is 16.0. The number of hydrogen-bond acceptors (Lipinski definition) is 6. The van der Waals surface area contributed by atoms with Gasteiger partial charge in [-0.2, -0.15) is 5.26 Å². The van der Waals surface area contributed by atoms with Crippen LogP contribution in [0.4, 0.5) is 26.0 Å². The third-order valence-corrected chi connectivity index (χ3v) is 5.15. The molecule has 146 valence electrons. The highest BCUT2D eigenvalue weighted by Gasteiger charge is 2.22. The van der Waals surface area contributed by atoms with Gasteiger partial charge in [-0.1, -0.05) is 0 Å². The number of nitrogens with one attached hydrogen (secondary N) is 1. The molecule has 1 N–H and O–H groups in total. The molecule has 0 bridgehead atoms. The summed E-state index contributed by atoms with van der Waals surface area (Å²) in [6.45, 7) is 5.11. The molecule has 0 unspecified atom stereocenters. The Kier molecular flexibility index (Phi) is 4.80. The zero-order valence-corrected chi connectivity index (χ0v) is 16.0. The number of anilines is 3. The molecule has 2 aromatic heterocycles. The first-order valence-corrected chi connectivity index (χ1v) is 9.15. The normalized spacial score (nSPS) is 13.0. The quantitative estimate of drug-likeness (QED) is 0.727. The minimum atomic E-state index is -0.664. The number of pyridine rings is 1. The van der Waals surface area contributed by atoms with Crippen molar-refractivity contribution in [2.75, 3.05) is 16.8 Å². The SMILES string of the molecule is Cc1c(C#N)nnc(N2CCc3ncc(Nc4ccc(F)cc4F)cc3C2)c1C. The predicted octanol–water partition coefficient (Wildman–Crippen LogP) is 3.94. The summed E-state index contributed by atoms with van der Waals surface area (Å²) in [5.41, 5.74) is 4.85. The number of halogens is 2. The summed E-state index contributed by atoms with van der Waals surface area (Å²) < 4.78 is 27.0. The molecule has 29 heavy (non-hydrogen) atoms. The topological polar surface area (TPSA) is 77.7 Å². The molecular formula is C21H18F2N6. The van der Waals surface area contributed by atoms with Crippen LogP contribution in [-0.4, -0.2) is 21.7 Å². The number of nitrogens with zero attached hydrogens (tertiary/aromatic N) is 5. The first kappa shape index (κ1) is 18.7. The van der Waals surface area contributed by atoms with Crippen LogP contribution in [0.3, 0.4) is 0 Å². The van der Waals surface area contributed by atoms with E-state index >= 15 is 0 Å². The smallest absolute Gasteiger partial charge is 0.166 e. The van der Waals surface area contributed by atoms with Crippen molar-refractivity contribution in [3.8, 4) is 6.07 Å². The lowest BCUT2D eigenvalue weighted by Gasteiger charge is -2.30. The van der Waals surface area contributed by atoms with E-state index < -0.39 is 11.6 Å². The van der Waals surface area contributed by atoms with E-state index in [9.17, 15) is 8.78 Å². The summed E-state index contributed by atoms with van der Waals surface area (Å²) >= 11 is 0. The van der Waals surface area contributed by atoms with E-state index in [1.807, 2.05) is 19.9 Å². The van der Waals surface area contributed by atoms with Crippen molar-refractivity contribution >= 4 is 17.2 Å². The molecule has 0 amide bonds. The molecule has 0 radical (unpaired) electrons. The Morgan fingerprint density at radius 1 is 1.14 bits per heavy atom. The number of nitriles is 1. The van der Waals surface area contributed by atoms with Crippen LogP contribution in [0, 0.1) is 36.8 Å². The summed E-state index contributed by atoms with van der Waals surface area (Å²) in [5, 5.41) is 20.4. The van der Waals surface area contributed by atoms with Gasteiger partial charge in [-0.05, 0) is 48.7 Å². The number of rotatable bonds is 3. The molecule has 6 nitrogen and oxygen atoms in total. The predicted molar refractivity (Wildman–Crippen MR) is 105 cm³/mol. The highest BCUT2D eigenvalue weighted by atomic mass is 19.1. The Morgan fingerprint density at radius 3 is 2.72 bits per heavy atom. The van der Waals surface area contributed by atoms with Crippen LogP contribution < -0.4 is 10.2 Å². The van der Waals surface area contributed by atoms with E-state index in [4.69, 9.17) is 5.26 Å². The average Bonchev–Trinajstić information content (AvgIpc) is 2.71. The Morgan fingerprint density at radius 2 is 1.97 bits per heavy atom. The summed E-state index contributed by atoms with van der Waals surface area (Å²) in [4.78, 5) is 6.59. The van der Waals surface area contributed by atoms with Gasteiger partial charge in [0.25, 0.3) is 0 Å². The van der Waals surface area contributed by atoms with Crippen molar-refractivity contribution < 1.29 is 8.78 Å². The van der Waals surface area contributed by atoms with Crippen molar-refractivity contribution in [2.24, 2.45) is 0 Å². The van der Waals surface area contributed by atoms with Gasteiger partial charge in [-0.25, -0.2) is 8.78 Å². The summed E-state index contributed by atoms with van der Waals surface area (Å²) in [6.07, 6.45) is 2.38. The lowest BCUT2D eigenvalue weighted by Crippen LogP contribution is -2.32. The Labute approximate surface area is 166 Å². The Balaban J connectivity index is 1.60. The van der Waals surface area contributed by atoms with Crippen molar-refractivity contribution in [1.29, 1.82) is 5.26 Å². The average molecular weight is 392 g/mol. The van der Waals surface area contributed by atoms with Gasteiger partial charge in [-0.3, -0.25) is 4.98 Å². The van der Waals surface area contributed by atoms with Gasteiger partial charge in [0.05, 0.1) is 17.6 Å². The number of aromatic nitrogens is 3.